The second-order valence-electron chi connectivity index (χ2n) is 5.49. The highest BCUT2D eigenvalue weighted by atomic mass is 79.9. The predicted molar refractivity (Wildman–Crippen MR) is 102 cm³/mol. The van der Waals surface area contributed by atoms with Crippen LogP contribution in [0.15, 0.2) is 71.3 Å². The van der Waals surface area contributed by atoms with Crippen molar-refractivity contribution in [1.29, 1.82) is 0 Å². The highest BCUT2D eigenvalue weighted by Gasteiger charge is 2.28. The Kier molecular flexibility index (Phi) is 4.03. The monoisotopic (exact) mass is 392 g/mol. The zero-order valence-electron chi connectivity index (χ0n) is 13.0. The van der Waals surface area contributed by atoms with Gasteiger partial charge in [0, 0.05) is 21.9 Å². The summed E-state index contributed by atoms with van der Waals surface area (Å²) in [4.78, 5) is 12.7. The van der Waals surface area contributed by atoms with Crippen molar-refractivity contribution in [1.82, 2.24) is 10.2 Å². The van der Waals surface area contributed by atoms with E-state index in [4.69, 9.17) is 0 Å². The zero-order valence-corrected chi connectivity index (χ0v) is 14.6. The molecular weight excluding hydrogens is 380 g/mol. The van der Waals surface area contributed by atoms with E-state index in [-0.39, 0.29) is 5.91 Å². The van der Waals surface area contributed by atoms with Gasteiger partial charge in [-0.1, -0.05) is 46.3 Å². The summed E-state index contributed by atoms with van der Waals surface area (Å²) in [6.45, 7) is 0. The maximum absolute atomic E-state index is 12.7. The molecule has 1 aliphatic rings. The first-order chi connectivity index (χ1) is 12.2. The van der Waals surface area contributed by atoms with Gasteiger partial charge >= 0.3 is 0 Å². The van der Waals surface area contributed by atoms with E-state index in [1.54, 1.807) is 12.3 Å². The Morgan fingerprint density at radius 1 is 1.04 bits per heavy atom. The van der Waals surface area contributed by atoms with Crippen LogP contribution in [0.1, 0.15) is 11.1 Å². The number of benzene rings is 2. The molecule has 122 valence electrons. The van der Waals surface area contributed by atoms with Crippen molar-refractivity contribution < 1.29 is 4.79 Å². The van der Waals surface area contributed by atoms with E-state index in [9.17, 15) is 4.79 Å². The fraction of sp³-hybridized carbons (Fsp3) is 0. The maximum Gasteiger partial charge on any atom is 0.258 e. The number of amides is 1. The molecule has 5 nitrogen and oxygen atoms in total. The predicted octanol–water partition coefficient (Wildman–Crippen LogP) is 4.17. The van der Waals surface area contributed by atoms with Crippen molar-refractivity contribution >= 4 is 44.6 Å². The summed E-state index contributed by atoms with van der Waals surface area (Å²) in [5.41, 5.74) is 3.79. The zero-order chi connectivity index (χ0) is 17.2. The number of halogens is 1. The van der Waals surface area contributed by atoms with Crippen LogP contribution in [0.2, 0.25) is 0 Å². The van der Waals surface area contributed by atoms with Crippen LogP contribution in [0.3, 0.4) is 0 Å². The van der Waals surface area contributed by atoms with Crippen molar-refractivity contribution in [2.24, 2.45) is 0 Å². The minimum atomic E-state index is -0.150. The second-order valence-corrected chi connectivity index (χ2v) is 6.41. The van der Waals surface area contributed by atoms with Gasteiger partial charge in [0.1, 0.15) is 0 Å². The Morgan fingerprint density at radius 2 is 1.88 bits per heavy atom. The number of carbonyl (C=O) groups is 1. The van der Waals surface area contributed by atoms with Crippen LogP contribution < -0.4 is 10.6 Å². The average molecular weight is 393 g/mol. The highest BCUT2D eigenvalue weighted by Crippen LogP contribution is 2.38. The van der Waals surface area contributed by atoms with E-state index in [1.807, 2.05) is 54.6 Å². The van der Waals surface area contributed by atoms with E-state index in [0.717, 1.165) is 21.3 Å². The summed E-state index contributed by atoms with van der Waals surface area (Å²) in [5.74, 6) is 0.424. The molecule has 0 aliphatic carbocycles. The molecule has 1 amide bonds. The minimum absolute atomic E-state index is 0.150. The van der Waals surface area contributed by atoms with Crippen LogP contribution in [0.4, 0.5) is 11.5 Å². The van der Waals surface area contributed by atoms with Gasteiger partial charge in [0.2, 0.25) is 0 Å². The van der Waals surface area contributed by atoms with Gasteiger partial charge in [-0.2, -0.15) is 5.10 Å². The number of carbonyl (C=O) groups excluding carboxylic acids is 1. The summed E-state index contributed by atoms with van der Waals surface area (Å²) >= 11 is 3.48. The van der Waals surface area contributed by atoms with Crippen molar-refractivity contribution in [2.45, 2.75) is 0 Å². The van der Waals surface area contributed by atoms with Gasteiger partial charge in [-0.05, 0) is 35.9 Å². The van der Waals surface area contributed by atoms with Crippen LogP contribution >= 0.6 is 15.9 Å². The van der Waals surface area contributed by atoms with E-state index in [1.165, 1.54) is 0 Å². The summed E-state index contributed by atoms with van der Waals surface area (Å²) < 4.78 is 0.909. The Hall–Kier alpha value is -2.99. The van der Waals surface area contributed by atoms with Crippen molar-refractivity contribution in [3.05, 3.63) is 82.5 Å². The Bertz CT molecular complexity index is 971. The van der Waals surface area contributed by atoms with Gasteiger partial charge < -0.3 is 10.6 Å². The molecule has 0 unspecified atom stereocenters. The van der Waals surface area contributed by atoms with E-state index in [0.29, 0.717) is 17.1 Å². The molecule has 0 saturated carbocycles. The third-order valence-electron chi connectivity index (χ3n) is 3.86. The first kappa shape index (κ1) is 15.5. The number of anilines is 2. The fourth-order valence-electron chi connectivity index (χ4n) is 2.77. The number of fused-ring (bicyclic) bond motifs is 1. The van der Waals surface area contributed by atoms with Gasteiger partial charge in [-0.25, -0.2) is 0 Å². The normalized spacial score (nSPS) is 14.7. The summed E-state index contributed by atoms with van der Waals surface area (Å²) in [6, 6.07) is 19.0. The van der Waals surface area contributed by atoms with Gasteiger partial charge in [0.05, 0.1) is 11.3 Å². The lowest BCUT2D eigenvalue weighted by atomic mass is 10.0. The summed E-state index contributed by atoms with van der Waals surface area (Å²) in [5, 5.41) is 14.1. The largest absolute Gasteiger partial charge is 0.338 e. The fourth-order valence-corrected chi connectivity index (χ4v) is 3.13. The van der Waals surface area contributed by atoms with Gasteiger partial charge in [0.25, 0.3) is 5.91 Å². The molecule has 0 fully saturated rings. The quantitative estimate of drug-likeness (QED) is 0.656. The van der Waals surface area contributed by atoms with Crippen molar-refractivity contribution in [3.63, 3.8) is 0 Å². The molecule has 1 aliphatic heterocycles. The van der Waals surface area contributed by atoms with Crippen LogP contribution in [0.5, 0.6) is 0 Å². The molecule has 1 aromatic heterocycles. The number of hydrogen-bond donors (Lipinski definition) is 2. The standard InChI is InChI=1S/C19H13BrN4O/c20-13-8-9-15-14(11-13)17(19(25)22-15)18(12-5-2-1-3-6-12)23-16-7-4-10-21-24-16/h1-11H,(H,22,25)(H,23,24)/b18-17-. The Balaban J connectivity index is 1.93. The topological polar surface area (TPSA) is 66.9 Å². The molecule has 2 N–H and O–H groups in total. The minimum Gasteiger partial charge on any atom is -0.338 e. The van der Waals surface area contributed by atoms with E-state index < -0.39 is 0 Å². The highest BCUT2D eigenvalue weighted by molar-refractivity contribution is 9.10. The lowest BCUT2D eigenvalue weighted by Crippen LogP contribution is -2.10. The molecule has 25 heavy (non-hydrogen) atoms. The van der Waals surface area contributed by atoms with Crippen LogP contribution in [-0.4, -0.2) is 16.1 Å². The third-order valence-corrected chi connectivity index (χ3v) is 4.36. The molecule has 6 heteroatoms. The van der Waals surface area contributed by atoms with Crippen molar-refractivity contribution in [2.75, 3.05) is 10.6 Å². The molecule has 2 aromatic carbocycles. The van der Waals surface area contributed by atoms with Crippen LogP contribution in [0.25, 0.3) is 11.3 Å². The summed E-state index contributed by atoms with van der Waals surface area (Å²) in [7, 11) is 0. The molecule has 0 radical (unpaired) electrons. The number of nitrogens with one attached hydrogen (secondary N) is 2. The molecule has 0 saturated heterocycles. The van der Waals surface area contributed by atoms with E-state index in [2.05, 4.69) is 36.8 Å². The van der Waals surface area contributed by atoms with E-state index >= 15 is 0 Å². The molecule has 0 atom stereocenters. The maximum atomic E-state index is 12.7. The van der Waals surface area contributed by atoms with Crippen LogP contribution in [0, 0.1) is 0 Å². The Morgan fingerprint density at radius 3 is 2.64 bits per heavy atom. The third kappa shape index (κ3) is 3.04. The van der Waals surface area contributed by atoms with Crippen LogP contribution in [-0.2, 0) is 4.79 Å². The molecule has 4 rings (SSSR count). The number of rotatable bonds is 3. The smallest absolute Gasteiger partial charge is 0.258 e. The number of nitrogens with zero attached hydrogens (tertiary/aromatic N) is 2. The lowest BCUT2D eigenvalue weighted by molar-refractivity contribution is -0.110. The van der Waals surface area contributed by atoms with Gasteiger partial charge in [-0.15, -0.1) is 5.10 Å². The van der Waals surface area contributed by atoms with Gasteiger partial charge in [-0.3, -0.25) is 4.79 Å². The first-order valence-electron chi connectivity index (χ1n) is 7.68. The summed E-state index contributed by atoms with van der Waals surface area (Å²) in [6.07, 6.45) is 1.61. The van der Waals surface area contributed by atoms with Gasteiger partial charge in [0.15, 0.2) is 5.82 Å². The number of hydrogen-bond acceptors (Lipinski definition) is 4. The SMILES string of the molecule is O=C1Nc2ccc(Br)cc2/C1=C(/Nc1cccnn1)c1ccccc1. The number of aromatic nitrogens is 2. The molecule has 2 heterocycles. The molecule has 0 spiro atoms. The Labute approximate surface area is 152 Å². The molecular formula is C19H13BrN4O. The van der Waals surface area contributed by atoms with Crippen molar-refractivity contribution in [3.8, 4) is 0 Å². The molecule has 0 bridgehead atoms. The second kappa shape index (κ2) is 6.49. The lowest BCUT2D eigenvalue weighted by Gasteiger charge is -2.13. The first-order valence-corrected chi connectivity index (χ1v) is 8.47. The average Bonchev–Trinajstić information content (AvgIpc) is 2.96. The molecule has 3 aromatic rings.